The molecule has 4 nitrogen and oxygen atoms in total. The quantitative estimate of drug-likeness (QED) is 0.911. The summed E-state index contributed by atoms with van der Waals surface area (Å²) in [5, 5.41) is 11.8. The number of carboxylic acid groups (broad SMARTS) is 1. The number of anilines is 1. The second kappa shape index (κ2) is 5.71. The smallest absolute Gasteiger partial charge is 0.337 e. The highest BCUT2D eigenvalue weighted by atomic mass is 35.5. The van der Waals surface area contributed by atoms with Crippen LogP contribution in [-0.4, -0.2) is 17.0 Å². The van der Waals surface area contributed by atoms with Gasteiger partial charge in [-0.25, -0.2) is 9.18 Å². The number of halogens is 2. The number of carbonyl (C=O) groups is 2. The maximum Gasteiger partial charge on any atom is 0.337 e. The fraction of sp³-hybridized carbons (Fsp3) is 0. The van der Waals surface area contributed by atoms with Crippen LogP contribution in [0.5, 0.6) is 0 Å². The molecule has 6 heteroatoms. The number of carbonyl (C=O) groups excluding carboxylic acids is 1. The number of nitrogens with one attached hydrogen (secondary N) is 1. The van der Waals surface area contributed by atoms with E-state index in [1.165, 1.54) is 24.3 Å². The first-order valence-electron chi connectivity index (χ1n) is 5.57. The Bertz CT molecular complexity index is 671. The molecule has 0 aromatic heterocycles. The maximum atomic E-state index is 13.2. The SMILES string of the molecule is O=C(Nc1cc(F)ccc1C(=O)O)c1ccc(Cl)cc1. The van der Waals surface area contributed by atoms with Crippen LogP contribution in [0.25, 0.3) is 0 Å². The highest BCUT2D eigenvalue weighted by Gasteiger charge is 2.14. The van der Waals surface area contributed by atoms with E-state index in [9.17, 15) is 14.0 Å². The fourth-order valence-electron chi connectivity index (χ4n) is 1.60. The Morgan fingerprint density at radius 3 is 2.35 bits per heavy atom. The van der Waals surface area contributed by atoms with Crippen molar-refractivity contribution >= 4 is 29.2 Å². The van der Waals surface area contributed by atoms with Crippen molar-refractivity contribution in [2.75, 3.05) is 5.32 Å². The van der Waals surface area contributed by atoms with E-state index >= 15 is 0 Å². The number of aromatic carboxylic acids is 1. The molecule has 2 rings (SSSR count). The number of hydrogen-bond acceptors (Lipinski definition) is 2. The minimum Gasteiger partial charge on any atom is -0.478 e. The first kappa shape index (κ1) is 14.0. The molecule has 0 fully saturated rings. The van der Waals surface area contributed by atoms with Crippen LogP contribution in [-0.2, 0) is 0 Å². The number of amides is 1. The van der Waals surface area contributed by atoms with Crippen LogP contribution >= 0.6 is 11.6 Å². The normalized spacial score (nSPS) is 10.1. The number of carboxylic acids is 1. The largest absolute Gasteiger partial charge is 0.478 e. The van der Waals surface area contributed by atoms with Crippen LogP contribution in [0.3, 0.4) is 0 Å². The number of rotatable bonds is 3. The highest BCUT2D eigenvalue weighted by molar-refractivity contribution is 6.30. The van der Waals surface area contributed by atoms with Crippen LogP contribution in [0, 0.1) is 5.82 Å². The van der Waals surface area contributed by atoms with Crippen molar-refractivity contribution in [3.8, 4) is 0 Å². The Morgan fingerprint density at radius 1 is 1.10 bits per heavy atom. The van der Waals surface area contributed by atoms with E-state index in [4.69, 9.17) is 16.7 Å². The Balaban J connectivity index is 2.29. The molecule has 0 heterocycles. The van der Waals surface area contributed by atoms with Gasteiger partial charge in [-0.3, -0.25) is 4.79 Å². The third kappa shape index (κ3) is 3.13. The molecule has 0 unspecified atom stereocenters. The lowest BCUT2D eigenvalue weighted by molar-refractivity contribution is 0.0698. The first-order chi connectivity index (χ1) is 9.47. The molecule has 2 N–H and O–H groups in total. The van der Waals surface area contributed by atoms with Gasteiger partial charge < -0.3 is 10.4 Å². The number of benzene rings is 2. The topological polar surface area (TPSA) is 66.4 Å². The van der Waals surface area contributed by atoms with E-state index in [1.54, 1.807) is 0 Å². The third-order valence-corrected chi connectivity index (χ3v) is 2.82. The first-order valence-corrected chi connectivity index (χ1v) is 5.95. The van der Waals surface area contributed by atoms with Gasteiger partial charge in [0.25, 0.3) is 5.91 Å². The molecule has 1 amide bonds. The molecule has 102 valence electrons. The van der Waals surface area contributed by atoms with Gasteiger partial charge in [-0.15, -0.1) is 0 Å². The molecule has 0 radical (unpaired) electrons. The maximum absolute atomic E-state index is 13.2. The summed E-state index contributed by atoms with van der Waals surface area (Å²) in [6.07, 6.45) is 0. The lowest BCUT2D eigenvalue weighted by Gasteiger charge is -2.08. The Hall–Kier alpha value is -2.40. The summed E-state index contributed by atoms with van der Waals surface area (Å²) in [6, 6.07) is 9.09. The predicted octanol–water partition coefficient (Wildman–Crippen LogP) is 3.43. The van der Waals surface area contributed by atoms with Crippen molar-refractivity contribution in [2.45, 2.75) is 0 Å². The molecule has 2 aromatic rings. The lowest BCUT2D eigenvalue weighted by Crippen LogP contribution is -2.15. The third-order valence-electron chi connectivity index (χ3n) is 2.57. The summed E-state index contributed by atoms with van der Waals surface area (Å²) >= 11 is 5.71. The molecule has 0 bridgehead atoms. The van der Waals surface area contributed by atoms with Crippen LogP contribution < -0.4 is 5.32 Å². The van der Waals surface area contributed by atoms with Crippen molar-refractivity contribution < 1.29 is 19.1 Å². The molecule has 0 spiro atoms. The van der Waals surface area contributed by atoms with Gasteiger partial charge in [-0.1, -0.05) is 11.6 Å². The molecule has 0 atom stereocenters. The van der Waals surface area contributed by atoms with Gasteiger partial charge in [0.05, 0.1) is 11.3 Å². The van der Waals surface area contributed by atoms with Crippen LogP contribution in [0.2, 0.25) is 5.02 Å². The van der Waals surface area contributed by atoms with Gasteiger partial charge in [0.1, 0.15) is 5.82 Å². The van der Waals surface area contributed by atoms with E-state index in [1.807, 2.05) is 0 Å². The van der Waals surface area contributed by atoms with Crippen LogP contribution in [0.15, 0.2) is 42.5 Å². The van der Waals surface area contributed by atoms with Gasteiger partial charge >= 0.3 is 5.97 Å². The summed E-state index contributed by atoms with van der Waals surface area (Å²) in [5.41, 5.74) is 0.00108. The average Bonchev–Trinajstić information content (AvgIpc) is 2.39. The monoisotopic (exact) mass is 293 g/mol. The lowest BCUT2D eigenvalue weighted by atomic mass is 10.1. The van der Waals surface area contributed by atoms with Crippen molar-refractivity contribution in [3.63, 3.8) is 0 Å². The van der Waals surface area contributed by atoms with Gasteiger partial charge in [-0.2, -0.15) is 0 Å². The minimum atomic E-state index is -1.25. The second-order valence-electron chi connectivity index (χ2n) is 3.96. The summed E-state index contributed by atoms with van der Waals surface area (Å²) in [4.78, 5) is 22.9. The standard InChI is InChI=1S/C14H9ClFNO3/c15-9-3-1-8(2-4-9)13(18)17-12-7-10(16)5-6-11(12)14(19)20/h1-7H,(H,17,18)(H,19,20). The molecular weight excluding hydrogens is 285 g/mol. The zero-order chi connectivity index (χ0) is 14.7. The van der Waals surface area contributed by atoms with Gasteiger partial charge in [0.15, 0.2) is 0 Å². The predicted molar refractivity (Wildman–Crippen MR) is 72.8 cm³/mol. The van der Waals surface area contributed by atoms with E-state index in [-0.39, 0.29) is 16.8 Å². The van der Waals surface area contributed by atoms with Gasteiger partial charge in [-0.05, 0) is 42.5 Å². The van der Waals surface area contributed by atoms with E-state index in [0.29, 0.717) is 5.02 Å². The van der Waals surface area contributed by atoms with Gasteiger partial charge in [0, 0.05) is 10.6 Å². The van der Waals surface area contributed by atoms with E-state index in [2.05, 4.69) is 5.32 Å². The summed E-state index contributed by atoms with van der Waals surface area (Å²) in [5.74, 6) is -2.44. The Kier molecular flexibility index (Phi) is 4.00. The Morgan fingerprint density at radius 2 is 1.75 bits per heavy atom. The fourth-order valence-corrected chi connectivity index (χ4v) is 1.73. The van der Waals surface area contributed by atoms with Crippen molar-refractivity contribution in [3.05, 3.63) is 64.4 Å². The average molecular weight is 294 g/mol. The summed E-state index contributed by atoms with van der Waals surface area (Å²) < 4.78 is 13.2. The molecule has 0 saturated carbocycles. The van der Waals surface area contributed by atoms with Crippen LogP contribution in [0.4, 0.5) is 10.1 Å². The van der Waals surface area contributed by atoms with Crippen molar-refractivity contribution in [1.82, 2.24) is 0 Å². The summed E-state index contributed by atoms with van der Waals surface area (Å²) in [6.45, 7) is 0. The van der Waals surface area contributed by atoms with Crippen LogP contribution in [0.1, 0.15) is 20.7 Å². The molecule has 20 heavy (non-hydrogen) atoms. The Labute approximate surface area is 118 Å². The molecule has 0 aliphatic carbocycles. The zero-order valence-corrected chi connectivity index (χ0v) is 10.8. The minimum absolute atomic E-state index is 0.0996. The van der Waals surface area contributed by atoms with Crippen molar-refractivity contribution in [2.24, 2.45) is 0 Å². The molecule has 0 saturated heterocycles. The molecule has 0 aliphatic rings. The highest BCUT2D eigenvalue weighted by Crippen LogP contribution is 2.19. The molecular formula is C14H9ClFNO3. The molecule has 0 aliphatic heterocycles. The number of hydrogen-bond donors (Lipinski definition) is 2. The zero-order valence-electron chi connectivity index (χ0n) is 10.1. The molecule has 2 aromatic carbocycles. The summed E-state index contributed by atoms with van der Waals surface area (Å²) in [7, 11) is 0. The van der Waals surface area contributed by atoms with Crippen molar-refractivity contribution in [1.29, 1.82) is 0 Å². The van der Waals surface area contributed by atoms with E-state index in [0.717, 1.165) is 18.2 Å². The second-order valence-corrected chi connectivity index (χ2v) is 4.39. The van der Waals surface area contributed by atoms with E-state index < -0.39 is 17.7 Å². The van der Waals surface area contributed by atoms with Gasteiger partial charge in [0.2, 0.25) is 0 Å².